The van der Waals surface area contributed by atoms with Gasteiger partial charge in [0.1, 0.15) is 11.6 Å². The number of nitrogens with zero attached hydrogens (tertiary/aromatic N) is 1. The van der Waals surface area contributed by atoms with Gasteiger partial charge in [-0.2, -0.15) is 8.78 Å². The zero-order valence-corrected chi connectivity index (χ0v) is 23.8. The smallest absolute Gasteiger partial charge is 0.408 e. The van der Waals surface area contributed by atoms with Gasteiger partial charge in [-0.15, -0.1) is 0 Å². The second-order valence-corrected chi connectivity index (χ2v) is 11.5. The Balaban J connectivity index is 1.68. The van der Waals surface area contributed by atoms with Gasteiger partial charge in [0.15, 0.2) is 11.5 Å². The fourth-order valence-corrected chi connectivity index (χ4v) is 4.64. The highest BCUT2D eigenvalue weighted by Crippen LogP contribution is 2.38. The summed E-state index contributed by atoms with van der Waals surface area (Å²) in [7, 11) is 0. The van der Waals surface area contributed by atoms with Gasteiger partial charge in [0.2, 0.25) is 11.8 Å². The van der Waals surface area contributed by atoms with Crippen LogP contribution in [-0.2, 0) is 19.1 Å². The quantitative estimate of drug-likeness (QED) is 0.319. The zero-order chi connectivity index (χ0) is 30.3. The molecule has 0 bridgehead atoms. The number of halogens is 2. The molecule has 1 saturated carbocycles. The van der Waals surface area contributed by atoms with Crippen molar-refractivity contribution in [1.82, 2.24) is 15.5 Å². The number of carboxylic acids is 1. The third kappa shape index (κ3) is 10.4. The number of hydrogen-bond donors (Lipinski definition) is 3. The molecule has 2 aliphatic rings. The predicted octanol–water partition coefficient (Wildman–Crippen LogP) is 3.66. The fraction of sp³-hybridized carbons (Fsp3) is 0.643. The first-order chi connectivity index (χ1) is 19.2. The molecule has 228 valence electrons. The van der Waals surface area contributed by atoms with Crippen molar-refractivity contribution in [2.24, 2.45) is 5.92 Å². The molecule has 3 N–H and O–H groups in total. The second kappa shape index (κ2) is 13.8. The van der Waals surface area contributed by atoms with E-state index in [2.05, 4.69) is 15.4 Å². The number of aliphatic carboxylic acids is 1. The highest BCUT2D eigenvalue weighted by atomic mass is 19.3. The minimum atomic E-state index is -3.00. The molecule has 1 aliphatic carbocycles. The third-order valence-electron chi connectivity index (χ3n) is 6.81. The van der Waals surface area contributed by atoms with Crippen molar-refractivity contribution in [3.05, 3.63) is 23.8 Å². The number of rotatable bonds is 13. The first-order valence-corrected chi connectivity index (χ1v) is 13.7. The lowest BCUT2D eigenvalue weighted by atomic mass is 9.96. The van der Waals surface area contributed by atoms with Gasteiger partial charge in [0.05, 0.1) is 6.61 Å². The molecule has 13 heteroatoms. The number of nitrogens with one attached hydrogen (secondary N) is 2. The van der Waals surface area contributed by atoms with Gasteiger partial charge in [-0.3, -0.25) is 14.4 Å². The molecule has 0 spiro atoms. The Morgan fingerprint density at radius 2 is 1.85 bits per heavy atom. The van der Waals surface area contributed by atoms with Crippen LogP contribution in [0.15, 0.2) is 18.2 Å². The molecule has 1 aliphatic heterocycles. The number of ether oxygens (including phenoxy) is 3. The summed E-state index contributed by atoms with van der Waals surface area (Å²) in [5.74, 6) is -1.53. The third-order valence-corrected chi connectivity index (χ3v) is 6.81. The Bertz CT molecular complexity index is 1110. The molecule has 1 aromatic rings. The molecule has 3 rings (SSSR count). The lowest BCUT2D eigenvalue weighted by molar-refractivity contribution is -0.137. The van der Waals surface area contributed by atoms with E-state index in [-0.39, 0.29) is 42.7 Å². The van der Waals surface area contributed by atoms with E-state index in [1.165, 1.54) is 13.0 Å². The summed E-state index contributed by atoms with van der Waals surface area (Å²) in [5, 5.41) is 14.2. The van der Waals surface area contributed by atoms with E-state index in [1.807, 2.05) is 0 Å². The summed E-state index contributed by atoms with van der Waals surface area (Å²) < 4.78 is 41.5. The molecule has 1 saturated heterocycles. The van der Waals surface area contributed by atoms with Crippen molar-refractivity contribution in [3.8, 4) is 11.5 Å². The maximum atomic E-state index is 13.0. The summed E-state index contributed by atoms with van der Waals surface area (Å²) in [5.41, 5.74) is -0.0332. The van der Waals surface area contributed by atoms with Gasteiger partial charge in [0.25, 0.3) is 0 Å². The lowest BCUT2D eigenvalue weighted by Gasteiger charge is -2.26. The van der Waals surface area contributed by atoms with E-state index in [0.29, 0.717) is 25.5 Å². The van der Waals surface area contributed by atoms with Crippen LogP contribution in [0.3, 0.4) is 0 Å². The summed E-state index contributed by atoms with van der Waals surface area (Å²) >= 11 is 0. The number of alkyl carbamates (subject to hydrolysis) is 1. The Morgan fingerprint density at radius 1 is 1.15 bits per heavy atom. The fourth-order valence-electron chi connectivity index (χ4n) is 4.64. The van der Waals surface area contributed by atoms with Gasteiger partial charge < -0.3 is 34.9 Å². The van der Waals surface area contributed by atoms with Crippen LogP contribution < -0.4 is 20.1 Å². The molecule has 0 radical (unpaired) electrons. The van der Waals surface area contributed by atoms with E-state index in [1.54, 1.807) is 37.8 Å². The molecular weight excluding hydrogens is 544 g/mol. The molecular formula is C28H39F2N3O8. The number of amides is 3. The zero-order valence-electron chi connectivity index (χ0n) is 23.8. The number of alkyl halides is 2. The van der Waals surface area contributed by atoms with Crippen molar-refractivity contribution >= 4 is 23.9 Å². The largest absolute Gasteiger partial charge is 0.489 e. The number of carbonyl (C=O) groups excluding carboxylic acids is 3. The van der Waals surface area contributed by atoms with Crippen LogP contribution in [0.1, 0.15) is 71.3 Å². The van der Waals surface area contributed by atoms with Gasteiger partial charge in [0, 0.05) is 38.4 Å². The average molecular weight is 584 g/mol. The highest BCUT2D eigenvalue weighted by Gasteiger charge is 2.36. The van der Waals surface area contributed by atoms with Crippen LogP contribution in [0.5, 0.6) is 11.5 Å². The predicted molar refractivity (Wildman–Crippen MR) is 143 cm³/mol. The maximum absolute atomic E-state index is 13.0. The molecule has 3 amide bonds. The molecule has 1 heterocycles. The first kappa shape index (κ1) is 31.9. The van der Waals surface area contributed by atoms with Gasteiger partial charge in [-0.1, -0.05) is 6.07 Å². The summed E-state index contributed by atoms with van der Waals surface area (Å²) in [4.78, 5) is 50.4. The van der Waals surface area contributed by atoms with E-state index in [9.17, 15) is 28.0 Å². The minimum Gasteiger partial charge on any atom is -0.489 e. The van der Waals surface area contributed by atoms with E-state index < -0.39 is 42.3 Å². The molecule has 41 heavy (non-hydrogen) atoms. The summed E-state index contributed by atoms with van der Waals surface area (Å²) in [6.07, 6.45) is 1.16. The minimum absolute atomic E-state index is 0.0560. The van der Waals surface area contributed by atoms with Gasteiger partial charge >= 0.3 is 18.7 Å². The number of likely N-dealkylation sites (tertiary alicyclic amines) is 1. The van der Waals surface area contributed by atoms with Crippen LogP contribution in [-0.4, -0.2) is 77.9 Å². The SMILES string of the molecule is CC(=O)N1CC(c2ccc(OC(F)F)c(OCC3CC3)c2)C[C@@H]1CNC(=O)[C@H](CCC(=O)O)NC(=O)OC(C)(C)C. The lowest BCUT2D eigenvalue weighted by Crippen LogP contribution is -2.51. The van der Waals surface area contributed by atoms with Crippen molar-refractivity contribution in [1.29, 1.82) is 0 Å². The molecule has 1 aromatic carbocycles. The number of carbonyl (C=O) groups is 4. The standard InChI is InChI=1S/C28H39F2N3O8/c1-16(34)33-14-19(18-7-9-22(40-26(29)30)23(12-18)39-15-17-5-6-17)11-20(33)13-31-25(37)21(8-10-24(35)36)32-27(38)41-28(2,3)4/h7,9,12,17,19-21,26H,5-6,8,10-11,13-15H2,1-4H3,(H,31,37)(H,32,38)(H,35,36)/t19?,20-,21+/m1/s1. The van der Waals surface area contributed by atoms with Gasteiger partial charge in [-0.05, 0) is 70.1 Å². The first-order valence-electron chi connectivity index (χ1n) is 13.7. The second-order valence-electron chi connectivity index (χ2n) is 11.5. The van der Waals surface area contributed by atoms with Crippen LogP contribution in [0.25, 0.3) is 0 Å². The monoisotopic (exact) mass is 583 g/mol. The number of benzene rings is 1. The van der Waals surface area contributed by atoms with E-state index in [4.69, 9.17) is 14.6 Å². The maximum Gasteiger partial charge on any atom is 0.408 e. The summed E-state index contributed by atoms with van der Waals surface area (Å²) in [6.45, 7) is 4.20. The normalized spacial score (nSPS) is 19.4. The molecule has 11 nitrogen and oxygen atoms in total. The molecule has 0 aromatic heterocycles. The van der Waals surface area contributed by atoms with Crippen molar-refractivity contribution in [3.63, 3.8) is 0 Å². The summed E-state index contributed by atoms with van der Waals surface area (Å²) in [6, 6.07) is 3.22. The van der Waals surface area contributed by atoms with E-state index >= 15 is 0 Å². The average Bonchev–Trinajstić information content (AvgIpc) is 3.59. The highest BCUT2D eigenvalue weighted by molar-refractivity contribution is 5.86. The van der Waals surface area contributed by atoms with Crippen molar-refractivity contribution in [2.45, 2.75) is 90.0 Å². The van der Waals surface area contributed by atoms with Crippen molar-refractivity contribution in [2.75, 3.05) is 19.7 Å². The molecule has 1 unspecified atom stereocenters. The Kier molecular flexibility index (Phi) is 10.7. The number of carboxylic acid groups (broad SMARTS) is 1. The Morgan fingerprint density at radius 3 is 2.44 bits per heavy atom. The van der Waals surface area contributed by atoms with Crippen LogP contribution in [0.4, 0.5) is 13.6 Å². The number of hydrogen-bond acceptors (Lipinski definition) is 7. The van der Waals surface area contributed by atoms with Crippen molar-refractivity contribution < 1.29 is 47.3 Å². The Labute approximate surface area is 237 Å². The molecule has 3 atom stereocenters. The van der Waals surface area contributed by atoms with Crippen LogP contribution in [0, 0.1) is 5.92 Å². The topological polar surface area (TPSA) is 144 Å². The van der Waals surface area contributed by atoms with E-state index in [0.717, 1.165) is 18.4 Å². The Hall–Kier alpha value is -3.64. The van der Waals surface area contributed by atoms with Gasteiger partial charge in [-0.25, -0.2) is 4.79 Å². The molecule has 2 fully saturated rings. The van der Waals surface area contributed by atoms with Crippen LogP contribution in [0.2, 0.25) is 0 Å². The van der Waals surface area contributed by atoms with Crippen LogP contribution >= 0.6 is 0 Å².